The zero-order chi connectivity index (χ0) is 27.1. The van der Waals surface area contributed by atoms with Gasteiger partial charge in [0.2, 0.25) is 0 Å². The molecule has 0 saturated carbocycles. The second-order valence-corrected chi connectivity index (χ2v) is 10.6. The lowest BCUT2D eigenvalue weighted by atomic mass is 10.0. The summed E-state index contributed by atoms with van der Waals surface area (Å²) in [5.74, 6) is 2.31. The summed E-state index contributed by atoms with van der Waals surface area (Å²) in [6, 6.07) is 17.2. The molecule has 0 unspecified atom stereocenters. The Kier molecular flexibility index (Phi) is 6.83. The van der Waals surface area contributed by atoms with Crippen molar-refractivity contribution in [2.45, 2.75) is 26.3 Å². The van der Waals surface area contributed by atoms with Gasteiger partial charge in [0, 0.05) is 54.7 Å². The first kappa shape index (κ1) is 25.5. The molecule has 2 aliphatic rings. The highest BCUT2D eigenvalue weighted by atomic mass is 35.5. The standard InChI is InChI=1S/C29H28Cl2N6O2/c1-19-16-26(23-4-3-12-35(28(23)32-19)25-10-7-21(30)17-24(25)31)37-13-11-27(33-37)36-15-14-34(29(36)38)18-20-5-8-22(39-2)9-6-20/h5-11,13,16-17H,3-4,12,14-15,18H2,1-2H3. The van der Waals surface area contributed by atoms with Gasteiger partial charge >= 0.3 is 6.03 Å². The van der Waals surface area contributed by atoms with Gasteiger partial charge in [0.15, 0.2) is 5.82 Å². The number of carbonyl (C=O) groups excluding carboxylic acids is 1. The predicted octanol–water partition coefficient (Wildman–Crippen LogP) is 6.42. The van der Waals surface area contributed by atoms with Crippen molar-refractivity contribution in [3.8, 4) is 11.4 Å². The molecule has 1 fully saturated rings. The van der Waals surface area contributed by atoms with Crippen LogP contribution < -0.4 is 14.5 Å². The molecule has 0 radical (unpaired) electrons. The zero-order valence-electron chi connectivity index (χ0n) is 21.8. The maximum Gasteiger partial charge on any atom is 0.326 e. The molecular weight excluding hydrogens is 535 g/mol. The lowest BCUT2D eigenvalue weighted by Gasteiger charge is -2.32. The predicted molar refractivity (Wildman–Crippen MR) is 154 cm³/mol. The molecule has 2 aromatic carbocycles. The van der Waals surface area contributed by atoms with Gasteiger partial charge in [0.05, 0.1) is 23.5 Å². The van der Waals surface area contributed by atoms with Gasteiger partial charge in [0.1, 0.15) is 11.6 Å². The van der Waals surface area contributed by atoms with Gasteiger partial charge < -0.3 is 14.5 Å². The van der Waals surface area contributed by atoms with Crippen molar-refractivity contribution >= 4 is 46.6 Å². The summed E-state index contributed by atoms with van der Waals surface area (Å²) < 4.78 is 7.09. The number of hydrogen-bond donors (Lipinski definition) is 0. The summed E-state index contributed by atoms with van der Waals surface area (Å²) in [6.07, 6.45) is 3.73. The Balaban J connectivity index is 1.26. The second kappa shape index (κ2) is 10.4. The average Bonchev–Trinajstić information content (AvgIpc) is 3.55. The highest BCUT2D eigenvalue weighted by molar-refractivity contribution is 6.36. The monoisotopic (exact) mass is 562 g/mol. The number of urea groups is 1. The van der Waals surface area contributed by atoms with Crippen LogP contribution in [0.4, 0.5) is 22.1 Å². The van der Waals surface area contributed by atoms with Crippen LogP contribution in [0.5, 0.6) is 5.75 Å². The van der Waals surface area contributed by atoms with Crippen molar-refractivity contribution in [2.24, 2.45) is 0 Å². The van der Waals surface area contributed by atoms with E-state index in [1.54, 1.807) is 18.1 Å². The Labute approximate surface area is 237 Å². The molecule has 2 aliphatic heterocycles. The number of benzene rings is 2. The van der Waals surface area contributed by atoms with E-state index < -0.39 is 0 Å². The van der Waals surface area contributed by atoms with Gasteiger partial charge in [-0.15, -0.1) is 5.10 Å². The molecule has 39 heavy (non-hydrogen) atoms. The fourth-order valence-corrected chi connectivity index (χ4v) is 5.78. The number of pyridine rings is 1. The Morgan fingerprint density at radius 3 is 2.54 bits per heavy atom. The van der Waals surface area contributed by atoms with Crippen LogP contribution in [0.1, 0.15) is 23.2 Å². The molecule has 0 bridgehead atoms. The van der Waals surface area contributed by atoms with E-state index >= 15 is 0 Å². The van der Waals surface area contributed by atoms with Crippen molar-refractivity contribution in [3.05, 3.63) is 87.7 Å². The van der Waals surface area contributed by atoms with Crippen LogP contribution >= 0.6 is 23.2 Å². The fraction of sp³-hybridized carbons (Fsp3) is 0.276. The fourth-order valence-electron chi connectivity index (χ4n) is 5.27. The lowest BCUT2D eigenvalue weighted by molar-refractivity contribution is 0.218. The van der Waals surface area contributed by atoms with E-state index in [1.807, 2.05) is 71.2 Å². The molecule has 2 amide bonds. The number of methoxy groups -OCH3 is 1. The molecule has 10 heteroatoms. The van der Waals surface area contributed by atoms with Crippen molar-refractivity contribution in [1.82, 2.24) is 19.7 Å². The van der Waals surface area contributed by atoms with E-state index in [4.69, 9.17) is 38.0 Å². The number of aryl methyl sites for hydroxylation is 1. The van der Waals surface area contributed by atoms with E-state index in [9.17, 15) is 4.79 Å². The van der Waals surface area contributed by atoms with Crippen molar-refractivity contribution in [1.29, 1.82) is 0 Å². The van der Waals surface area contributed by atoms with Crippen LogP contribution in [-0.2, 0) is 13.0 Å². The Hall–Kier alpha value is -3.75. The van der Waals surface area contributed by atoms with E-state index in [-0.39, 0.29) is 6.03 Å². The first-order valence-corrected chi connectivity index (χ1v) is 13.7. The van der Waals surface area contributed by atoms with Gasteiger partial charge in [-0.05, 0) is 61.7 Å². The van der Waals surface area contributed by atoms with Crippen LogP contribution in [-0.4, -0.2) is 52.4 Å². The Morgan fingerprint density at radius 1 is 0.949 bits per heavy atom. The number of nitrogens with zero attached hydrogens (tertiary/aromatic N) is 6. The van der Waals surface area contributed by atoms with E-state index in [0.717, 1.165) is 59.1 Å². The third kappa shape index (κ3) is 4.90. The third-order valence-electron chi connectivity index (χ3n) is 7.20. The smallest absolute Gasteiger partial charge is 0.326 e. The SMILES string of the molecule is COc1ccc(CN2CCN(c3ccn(-c4cc(C)nc5c4CCCN5c4ccc(Cl)cc4Cl)n3)C2=O)cc1. The largest absolute Gasteiger partial charge is 0.497 e. The molecule has 0 aliphatic carbocycles. The number of anilines is 3. The number of carbonyl (C=O) groups is 1. The van der Waals surface area contributed by atoms with Crippen LogP contribution in [0.3, 0.4) is 0 Å². The molecule has 0 N–H and O–H groups in total. The molecule has 0 spiro atoms. The number of rotatable bonds is 6. The van der Waals surface area contributed by atoms with Gasteiger partial charge in [0.25, 0.3) is 0 Å². The molecule has 0 atom stereocenters. The molecule has 2 aromatic heterocycles. The Morgan fingerprint density at radius 2 is 1.77 bits per heavy atom. The molecule has 4 heterocycles. The summed E-state index contributed by atoms with van der Waals surface area (Å²) in [7, 11) is 1.64. The highest BCUT2D eigenvalue weighted by Crippen LogP contribution is 2.39. The summed E-state index contributed by atoms with van der Waals surface area (Å²) >= 11 is 12.7. The minimum atomic E-state index is -0.0486. The van der Waals surface area contributed by atoms with Gasteiger partial charge in [-0.2, -0.15) is 0 Å². The van der Waals surface area contributed by atoms with E-state index in [2.05, 4.69) is 4.90 Å². The van der Waals surface area contributed by atoms with Gasteiger partial charge in [-0.1, -0.05) is 35.3 Å². The third-order valence-corrected chi connectivity index (χ3v) is 7.74. The highest BCUT2D eigenvalue weighted by Gasteiger charge is 2.32. The first-order valence-electron chi connectivity index (χ1n) is 12.9. The number of aromatic nitrogens is 3. The van der Waals surface area contributed by atoms with Gasteiger partial charge in [-0.3, -0.25) is 4.90 Å². The number of hydrogen-bond acceptors (Lipinski definition) is 5. The molecule has 6 rings (SSSR count). The minimum absolute atomic E-state index is 0.0486. The topological polar surface area (TPSA) is 66.7 Å². The first-order chi connectivity index (χ1) is 18.9. The minimum Gasteiger partial charge on any atom is -0.497 e. The number of ether oxygens (including phenoxy) is 1. The van der Waals surface area contributed by atoms with Crippen molar-refractivity contribution in [3.63, 3.8) is 0 Å². The quantitative estimate of drug-likeness (QED) is 0.271. The summed E-state index contributed by atoms with van der Waals surface area (Å²) in [5.41, 5.74) is 4.87. The Bertz CT molecular complexity index is 1540. The molecule has 1 saturated heterocycles. The van der Waals surface area contributed by atoms with Crippen molar-refractivity contribution in [2.75, 3.05) is 36.5 Å². The molecule has 200 valence electrons. The van der Waals surface area contributed by atoms with Crippen LogP contribution in [0.15, 0.2) is 60.8 Å². The second-order valence-electron chi connectivity index (χ2n) is 9.76. The van der Waals surface area contributed by atoms with Crippen LogP contribution in [0, 0.1) is 6.92 Å². The van der Waals surface area contributed by atoms with E-state index in [1.165, 1.54) is 0 Å². The molecular formula is C29H28Cl2N6O2. The summed E-state index contributed by atoms with van der Waals surface area (Å²) in [6.45, 7) is 4.55. The zero-order valence-corrected chi connectivity index (χ0v) is 23.3. The molecule has 8 nitrogen and oxygen atoms in total. The average molecular weight is 563 g/mol. The lowest BCUT2D eigenvalue weighted by Crippen LogP contribution is -2.31. The molecule has 4 aromatic rings. The number of amides is 2. The summed E-state index contributed by atoms with van der Waals surface area (Å²) in [4.78, 5) is 23.9. The normalized spacial score (nSPS) is 15.2. The number of fused-ring (bicyclic) bond motifs is 1. The summed E-state index contributed by atoms with van der Waals surface area (Å²) in [5, 5.41) is 6.03. The number of halogens is 2. The van der Waals surface area contributed by atoms with Crippen molar-refractivity contribution < 1.29 is 9.53 Å². The maximum absolute atomic E-state index is 13.3. The van der Waals surface area contributed by atoms with E-state index in [0.29, 0.717) is 35.5 Å². The maximum atomic E-state index is 13.3. The van der Waals surface area contributed by atoms with Crippen LogP contribution in [0.25, 0.3) is 5.69 Å². The van der Waals surface area contributed by atoms with Crippen LogP contribution in [0.2, 0.25) is 10.0 Å². The van der Waals surface area contributed by atoms with Gasteiger partial charge in [-0.25, -0.2) is 14.5 Å².